The molecular weight excluding hydrogens is 188 g/mol. The van der Waals surface area contributed by atoms with Gasteiger partial charge in [0.1, 0.15) is 0 Å². The maximum Gasteiger partial charge on any atom is 0.0636 e. The fourth-order valence-corrected chi connectivity index (χ4v) is 2.39. The Labute approximate surface area is 90.3 Å². The molecule has 2 unspecified atom stereocenters. The predicted molar refractivity (Wildman–Crippen MR) is 59.6 cm³/mol. The average Bonchev–Trinajstić information content (AvgIpc) is 2.28. The van der Waals surface area contributed by atoms with E-state index in [9.17, 15) is 5.11 Å². The number of hydrogen-bond acceptors (Lipinski definition) is 3. The first-order valence-electron chi connectivity index (χ1n) is 5.65. The normalized spacial score (nSPS) is 22.1. The highest BCUT2D eigenvalue weighted by atomic mass is 16.3. The number of pyridine rings is 1. The Morgan fingerprint density at radius 2 is 2.47 bits per heavy atom. The molecule has 0 saturated heterocycles. The third-order valence-corrected chi connectivity index (χ3v) is 3.17. The van der Waals surface area contributed by atoms with Crippen molar-refractivity contribution in [1.82, 2.24) is 4.98 Å². The van der Waals surface area contributed by atoms with E-state index in [0.717, 1.165) is 25.0 Å². The van der Waals surface area contributed by atoms with Gasteiger partial charge in [0.15, 0.2) is 0 Å². The van der Waals surface area contributed by atoms with Crippen molar-refractivity contribution >= 4 is 0 Å². The number of rotatable bonds is 3. The van der Waals surface area contributed by atoms with Crippen LogP contribution in [0.4, 0.5) is 0 Å². The van der Waals surface area contributed by atoms with E-state index in [1.807, 2.05) is 12.3 Å². The summed E-state index contributed by atoms with van der Waals surface area (Å²) in [5, 5.41) is 10.0. The fraction of sp³-hybridized carbons (Fsp3) is 0.583. The van der Waals surface area contributed by atoms with Gasteiger partial charge in [0.05, 0.1) is 6.10 Å². The second-order valence-electron chi connectivity index (χ2n) is 4.19. The standard InChI is InChI=1S/C12H18N2O/c13-7-6-11(15)10-5-1-3-9-4-2-8-14-12(9)10/h2,4,8,10-11,15H,1,3,5-7,13H2. The SMILES string of the molecule is NCCC(O)C1CCCc2cccnc21. The highest BCUT2D eigenvalue weighted by Gasteiger charge is 2.26. The summed E-state index contributed by atoms with van der Waals surface area (Å²) in [6.45, 7) is 0.542. The Hall–Kier alpha value is -0.930. The molecule has 3 nitrogen and oxygen atoms in total. The van der Waals surface area contributed by atoms with Crippen molar-refractivity contribution in [3.8, 4) is 0 Å². The van der Waals surface area contributed by atoms with Crippen LogP contribution in [0.25, 0.3) is 0 Å². The third-order valence-electron chi connectivity index (χ3n) is 3.17. The molecule has 0 saturated carbocycles. The molecule has 0 aromatic carbocycles. The zero-order chi connectivity index (χ0) is 10.7. The van der Waals surface area contributed by atoms with Crippen molar-refractivity contribution < 1.29 is 5.11 Å². The number of aliphatic hydroxyl groups excluding tert-OH is 1. The molecule has 3 heteroatoms. The summed E-state index contributed by atoms with van der Waals surface area (Å²) < 4.78 is 0. The Bertz CT molecular complexity index is 327. The number of aryl methyl sites for hydroxylation is 1. The van der Waals surface area contributed by atoms with Gasteiger partial charge in [-0.25, -0.2) is 0 Å². The molecule has 0 aliphatic heterocycles. The van der Waals surface area contributed by atoms with Crippen LogP contribution in [0, 0.1) is 0 Å². The lowest BCUT2D eigenvalue weighted by Gasteiger charge is -2.28. The van der Waals surface area contributed by atoms with Crippen molar-refractivity contribution in [1.29, 1.82) is 0 Å². The van der Waals surface area contributed by atoms with Gasteiger partial charge in [0.2, 0.25) is 0 Å². The van der Waals surface area contributed by atoms with Gasteiger partial charge in [-0.1, -0.05) is 6.07 Å². The maximum absolute atomic E-state index is 10.0. The Morgan fingerprint density at radius 1 is 1.60 bits per heavy atom. The maximum atomic E-state index is 10.0. The Kier molecular flexibility index (Phi) is 3.34. The van der Waals surface area contributed by atoms with Crippen molar-refractivity contribution in [3.63, 3.8) is 0 Å². The van der Waals surface area contributed by atoms with Gasteiger partial charge < -0.3 is 10.8 Å². The molecule has 0 radical (unpaired) electrons. The molecule has 1 aliphatic carbocycles. The van der Waals surface area contributed by atoms with Crippen molar-refractivity contribution in [3.05, 3.63) is 29.6 Å². The highest BCUT2D eigenvalue weighted by molar-refractivity contribution is 5.26. The molecule has 0 spiro atoms. The van der Waals surface area contributed by atoms with E-state index in [0.29, 0.717) is 13.0 Å². The van der Waals surface area contributed by atoms with Crippen molar-refractivity contribution in [2.45, 2.75) is 37.7 Å². The molecule has 1 aromatic rings. The summed E-state index contributed by atoms with van der Waals surface area (Å²) in [4.78, 5) is 4.40. The summed E-state index contributed by atoms with van der Waals surface area (Å²) in [6, 6.07) is 4.08. The van der Waals surface area contributed by atoms with Gasteiger partial charge in [-0.2, -0.15) is 0 Å². The summed E-state index contributed by atoms with van der Waals surface area (Å²) in [5.41, 5.74) is 7.86. The van der Waals surface area contributed by atoms with Crippen LogP contribution in [0.3, 0.4) is 0 Å². The van der Waals surface area contributed by atoms with Crippen LogP contribution >= 0.6 is 0 Å². The number of aromatic nitrogens is 1. The van der Waals surface area contributed by atoms with Crippen LogP contribution in [-0.2, 0) is 6.42 Å². The second kappa shape index (κ2) is 4.73. The summed E-state index contributed by atoms with van der Waals surface area (Å²) in [6.07, 6.45) is 5.42. The van der Waals surface area contributed by atoms with Gasteiger partial charge >= 0.3 is 0 Å². The highest BCUT2D eigenvalue weighted by Crippen LogP contribution is 2.33. The molecule has 82 valence electrons. The van der Waals surface area contributed by atoms with Gasteiger partial charge in [-0.3, -0.25) is 4.98 Å². The average molecular weight is 206 g/mol. The van der Waals surface area contributed by atoms with E-state index in [2.05, 4.69) is 11.1 Å². The first kappa shape index (κ1) is 10.6. The fourth-order valence-electron chi connectivity index (χ4n) is 2.39. The van der Waals surface area contributed by atoms with Crippen LogP contribution in [0.15, 0.2) is 18.3 Å². The minimum atomic E-state index is -0.330. The Morgan fingerprint density at radius 3 is 3.27 bits per heavy atom. The molecule has 2 atom stereocenters. The molecule has 15 heavy (non-hydrogen) atoms. The minimum absolute atomic E-state index is 0.193. The zero-order valence-electron chi connectivity index (χ0n) is 8.89. The minimum Gasteiger partial charge on any atom is -0.392 e. The number of fused-ring (bicyclic) bond motifs is 1. The Balaban J connectivity index is 2.21. The van der Waals surface area contributed by atoms with Crippen molar-refractivity contribution in [2.24, 2.45) is 5.73 Å². The van der Waals surface area contributed by atoms with E-state index in [4.69, 9.17) is 5.73 Å². The number of nitrogens with two attached hydrogens (primary N) is 1. The summed E-state index contributed by atoms with van der Waals surface area (Å²) >= 11 is 0. The molecule has 2 rings (SSSR count). The van der Waals surface area contributed by atoms with Gasteiger partial charge in [0, 0.05) is 17.8 Å². The first-order chi connectivity index (χ1) is 7.33. The molecule has 0 fully saturated rings. The van der Waals surface area contributed by atoms with Gasteiger partial charge in [-0.05, 0) is 43.9 Å². The molecule has 1 aliphatic rings. The van der Waals surface area contributed by atoms with E-state index in [1.165, 1.54) is 5.56 Å². The lowest BCUT2D eigenvalue weighted by Crippen LogP contribution is -2.26. The smallest absolute Gasteiger partial charge is 0.0636 e. The largest absolute Gasteiger partial charge is 0.392 e. The number of aliphatic hydroxyl groups is 1. The molecule has 3 N–H and O–H groups in total. The third kappa shape index (κ3) is 2.19. The van der Waals surface area contributed by atoms with Crippen LogP contribution in [-0.4, -0.2) is 22.7 Å². The lowest BCUT2D eigenvalue weighted by atomic mass is 9.82. The van der Waals surface area contributed by atoms with E-state index in [1.54, 1.807) is 0 Å². The van der Waals surface area contributed by atoms with Crippen LogP contribution in [0.5, 0.6) is 0 Å². The van der Waals surface area contributed by atoms with Crippen LogP contribution in [0.1, 0.15) is 36.4 Å². The van der Waals surface area contributed by atoms with Gasteiger partial charge in [0.25, 0.3) is 0 Å². The topological polar surface area (TPSA) is 59.1 Å². The van der Waals surface area contributed by atoms with Crippen molar-refractivity contribution in [2.75, 3.05) is 6.54 Å². The van der Waals surface area contributed by atoms with Crippen LogP contribution in [0.2, 0.25) is 0 Å². The first-order valence-corrected chi connectivity index (χ1v) is 5.65. The van der Waals surface area contributed by atoms with Crippen LogP contribution < -0.4 is 5.73 Å². The summed E-state index contributed by atoms with van der Waals surface area (Å²) in [7, 11) is 0. The molecular formula is C12H18N2O. The van der Waals surface area contributed by atoms with Gasteiger partial charge in [-0.15, -0.1) is 0 Å². The number of nitrogens with zero attached hydrogens (tertiary/aromatic N) is 1. The monoisotopic (exact) mass is 206 g/mol. The van der Waals surface area contributed by atoms with E-state index >= 15 is 0 Å². The lowest BCUT2D eigenvalue weighted by molar-refractivity contribution is 0.126. The second-order valence-corrected chi connectivity index (χ2v) is 4.19. The molecule has 0 amide bonds. The molecule has 1 aromatic heterocycles. The molecule has 0 bridgehead atoms. The summed E-state index contributed by atoms with van der Waals surface area (Å²) in [5.74, 6) is 0.193. The predicted octanol–water partition coefficient (Wildman–Crippen LogP) is 1.21. The molecule has 1 heterocycles. The number of hydrogen-bond donors (Lipinski definition) is 2. The zero-order valence-corrected chi connectivity index (χ0v) is 8.89. The van der Waals surface area contributed by atoms with E-state index in [-0.39, 0.29) is 12.0 Å². The van der Waals surface area contributed by atoms with E-state index < -0.39 is 0 Å². The quantitative estimate of drug-likeness (QED) is 0.781.